The van der Waals surface area contributed by atoms with Gasteiger partial charge in [-0.3, -0.25) is 0 Å². The van der Waals surface area contributed by atoms with E-state index in [4.69, 9.17) is 9.84 Å². The van der Waals surface area contributed by atoms with Crippen molar-refractivity contribution in [1.82, 2.24) is 5.32 Å². The molecular weight excluding hydrogens is 318 g/mol. The van der Waals surface area contributed by atoms with Gasteiger partial charge < -0.3 is 15.2 Å². The lowest BCUT2D eigenvalue weighted by Gasteiger charge is -2.18. The summed E-state index contributed by atoms with van der Waals surface area (Å²) in [5, 5.41) is 12.3. The average molecular weight is 344 g/mol. The number of halogens is 1. The fourth-order valence-electron chi connectivity index (χ4n) is 2.03. The number of rotatable bonds is 10. The molecule has 0 bridgehead atoms. The Bertz CT molecular complexity index is 385. The Balaban J connectivity index is 2.59. The fourth-order valence-corrected chi connectivity index (χ4v) is 2.41. The molecule has 0 aromatic heterocycles. The Morgan fingerprint density at radius 2 is 2.10 bits per heavy atom. The molecule has 0 saturated carbocycles. The van der Waals surface area contributed by atoms with Crippen LogP contribution in [0.2, 0.25) is 0 Å². The first-order chi connectivity index (χ1) is 9.69. The molecule has 20 heavy (non-hydrogen) atoms. The highest BCUT2D eigenvalue weighted by Gasteiger charge is 2.11. The van der Waals surface area contributed by atoms with Crippen molar-refractivity contribution in [1.29, 1.82) is 0 Å². The van der Waals surface area contributed by atoms with E-state index in [9.17, 15) is 0 Å². The minimum atomic E-state index is 0.265. The second kappa shape index (κ2) is 10.2. The van der Waals surface area contributed by atoms with E-state index in [2.05, 4.69) is 41.2 Å². The minimum Gasteiger partial charge on any atom is -0.493 e. The maximum Gasteiger partial charge on any atom is 0.124 e. The zero-order chi connectivity index (χ0) is 14.8. The fraction of sp³-hybridized carbons (Fsp3) is 0.625. The van der Waals surface area contributed by atoms with Gasteiger partial charge in [0.05, 0.1) is 6.61 Å². The molecule has 1 aromatic carbocycles. The second-order valence-corrected chi connectivity index (χ2v) is 5.91. The number of nitrogens with one attached hydrogen (secondary N) is 1. The number of unbranched alkanes of at least 4 members (excludes halogenated alkanes) is 2. The Labute approximate surface area is 130 Å². The first kappa shape index (κ1) is 17.5. The van der Waals surface area contributed by atoms with E-state index in [0.29, 0.717) is 6.61 Å². The van der Waals surface area contributed by atoms with E-state index in [0.717, 1.165) is 42.5 Å². The summed E-state index contributed by atoms with van der Waals surface area (Å²) >= 11 is 3.52. The molecule has 0 spiro atoms. The highest BCUT2D eigenvalue weighted by molar-refractivity contribution is 9.10. The van der Waals surface area contributed by atoms with E-state index in [-0.39, 0.29) is 12.6 Å². The van der Waals surface area contributed by atoms with Crippen molar-refractivity contribution in [2.45, 2.75) is 45.6 Å². The molecule has 0 radical (unpaired) electrons. The maximum absolute atomic E-state index is 8.76. The lowest BCUT2D eigenvalue weighted by molar-refractivity contribution is 0.264. The third-order valence-corrected chi connectivity index (χ3v) is 3.69. The van der Waals surface area contributed by atoms with Gasteiger partial charge in [-0.05, 0) is 57.4 Å². The van der Waals surface area contributed by atoms with Crippen molar-refractivity contribution in [2.24, 2.45) is 0 Å². The van der Waals surface area contributed by atoms with Gasteiger partial charge in [-0.1, -0.05) is 22.9 Å². The number of hydrogen-bond donors (Lipinski definition) is 2. The number of hydrogen-bond acceptors (Lipinski definition) is 3. The molecule has 3 nitrogen and oxygen atoms in total. The Hall–Kier alpha value is -0.580. The molecule has 1 rings (SSSR count). The second-order valence-electron chi connectivity index (χ2n) is 4.99. The largest absolute Gasteiger partial charge is 0.493 e. The number of ether oxygens (including phenoxy) is 1. The van der Waals surface area contributed by atoms with Crippen LogP contribution in [0.1, 0.15) is 51.1 Å². The van der Waals surface area contributed by atoms with Crippen molar-refractivity contribution in [3.8, 4) is 5.75 Å². The molecule has 0 aliphatic heterocycles. The SMILES string of the molecule is CCCNC(C)c1cc(Br)ccc1OCCCCCO. The smallest absolute Gasteiger partial charge is 0.124 e. The predicted molar refractivity (Wildman–Crippen MR) is 87.3 cm³/mol. The Morgan fingerprint density at radius 1 is 1.30 bits per heavy atom. The first-order valence-corrected chi connectivity index (χ1v) is 8.24. The van der Waals surface area contributed by atoms with Crippen molar-refractivity contribution in [3.63, 3.8) is 0 Å². The summed E-state index contributed by atoms with van der Waals surface area (Å²) in [6.07, 6.45) is 3.96. The molecule has 114 valence electrons. The zero-order valence-electron chi connectivity index (χ0n) is 12.5. The number of aliphatic hydroxyl groups is 1. The maximum atomic E-state index is 8.76. The number of aliphatic hydroxyl groups excluding tert-OH is 1. The summed E-state index contributed by atoms with van der Waals surface area (Å²) in [6, 6.07) is 6.44. The predicted octanol–water partition coefficient (Wildman–Crippen LogP) is 4.05. The molecule has 0 aliphatic rings. The van der Waals surface area contributed by atoms with Crippen LogP contribution in [-0.4, -0.2) is 24.9 Å². The molecule has 2 N–H and O–H groups in total. The van der Waals surface area contributed by atoms with Gasteiger partial charge in [-0.2, -0.15) is 0 Å². The number of benzene rings is 1. The standard InChI is InChI=1S/C16H26BrNO2/c1-3-9-18-13(2)15-12-14(17)7-8-16(15)20-11-6-4-5-10-19/h7-8,12-13,18-19H,3-6,9-11H2,1-2H3. The van der Waals surface area contributed by atoms with Gasteiger partial charge >= 0.3 is 0 Å². The molecule has 0 saturated heterocycles. The zero-order valence-corrected chi connectivity index (χ0v) is 14.1. The van der Waals surface area contributed by atoms with E-state index in [1.807, 2.05) is 12.1 Å². The quantitative estimate of drug-likeness (QED) is 0.629. The summed E-state index contributed by atoms with van der Waals surface area (Å²) < 4.78 is 6.97. The molecule has 1 unspecified atom stereocenters. The van der Waals surface area contributed by atoms with Gasteiger partial charge in [-0.15, -0.1) is 0 Å². The van der Waals surface area contributed by atoms with Crippen LogP contribution in [-0.2, 0) is 0 Å². The highest BCUT2D eigenvalue weighted by atomic mass is 79.9. The third-order valence-electron chi connectivity index (χ3n) is 3.20. The summed E-state index contributed by atoms with van der Waals surface area (Å²) in [5.74, 6) is 0.952. The normalized spacial score (nSPS) is 12.4. The average Bonchev–Trinajstić information content (AvgIpc) is 2.45. The Morgan fingerprint density at radius 3 is 2.80 bits per heavy atom. The third kappa shape index (κ3) is 6.25. The van der Waals surface area contributed by atoms with Crippen LogP contribution in [0.3, 0.4) is 0 Å². The van der Waals surface area contributed by atoms with Crippen LogP contribution in [0.5, 0.6) is 5.75 Å². The summed E-state index contributed by atoms with van der Waals surface area (Å²) in [7, 11) is 0. The van der Waals surface area contributed by atoms with E-state index in [1.54, 1.807) is 0 Å². The molecule has 1 aromatic rings. The van der Waals surface area contributed by atoms with Gasteiger partial charge in [-0.25, -0.2) is 0 Å². The van der Waals surface area contributed by atoms with Crippen LogP contribution in [0, 0.1) is 0 Å². The first-order valence-electron chi connectivity index (χ1n) is 7.45. The molecule has 0 heterocycles. The van der Waals surface area contributed by atoms with E-state index in [1.165, 1.54) is 5.56 Å². The molecular formula is C16H26BrNO2. The van der Waals surface area contributed by atoms with Crippen molar-refractivity contribution in [3.05, 3.63) is 28.2 Å². The van der Waals surface area contributed by atoms with Crippen molar-refractivity contribution < 1.29 is 9.84 Å². The molecule has 0 amide bonds. The van der Waals surface area contributed by atoms with Gasteiger partial charge in [0.1, 0.15) is 5.75 Å². The molecule has 4 heteroatoms. The van der Waals surface area contributed by atoms with Crippen molar-refractivity contribution >= 4 is 15.9 Å². The highest BCUT2D eigenvalue weighted by Crippen LogP contribution is 2.28. The van der Waals surface area contributed by atoms with E-state index >= 15 is 0 Å². The van der Waals surface area contributed by atoms with Gasteiger partial charge in [0.25, 0.3) is 0 Å². The van der Waals surface area contributed by atoms with Crippen LogP contribution < -0.4 is 10.1 Å². The van der Waals surface area contributed by atoms with E-state index < -0.39 is 0 Å². The van der Waals surface area contributed by atoms with Crippen LogP contribution >= 0.6 is 15.9 Å². The molecule has 0 fully saturated rings. The summed E-state index contributed by atoms with van der Waals surface area (Å²) in [6.45, 7) is 6.30. The van der Waals surface area contributed by atoms with Crippen molar-refractivity contribution in [2.75, 3.05) is 19.8 Å². The molecule has 0 aliphatic carbocycles. The monoisotopic (exact) mass is 343 g/mol. The summed E-state index contributed by atoms with van der Waals surface area (Å²) in [5.41, 5.74) is 1.19. The van der Waals surface area contributed by atoms with Crippen LogP contribution in [0.25, 0.3) is 0 Å². The lowest BCUT2D eigenvalue weighted by atomic mass is 10.1. The minimum absolute atomic E-state index is 0.265. The summed E-state index contributed by atoms with van der Waals surface area (Å²) in [4.78, 5) is 0. The van der Waals surface area contributed by atoms with Gasteiger partial charge in [0.2, 0.25) is 0 Å². The van der Waals surface area contributed by atoms with Crippen LogP contribution in [0.15, 0.2) is 22.7 Å². The van der Waals surface area contributed by atoms with Gasteiger partial charge in [0.15, 0.2) is 0 Å². The topological polar surface area (TPSA) is 41.5 Å². The van der Waals surface area contributed by atoms with Crippen LogP contribution in [0.4, 0.5) is 0 Å². The Kier molecular flexibility index (Phi) is 8.90. The lowest BCUT2D eigenvalue weighted by Crippen LogP contribution is -2.20. The molecule has 1 atom stereocenters. The van der Waals surface area contributed by atoms with Gasteiger partial charge in [0, 0.05) is 22.7 Å².